The van der Waals surface area contributed by atoms with E-state index in [-0.39, 0.29) is 5.91 Å². The van der Waals surface area contributed by atoms with Crippen molar-refractivity contribution in [1.82, 2.24) is 0 Å². The van der Waals surface area contributed by atoms with Crippen LogP contribution in [0.1, 0.15) is 12.5 Å². The van der Waals surface area contributed by atoms with Gasteiger partial charge in [0.25, 0.3) is 0 Å². The van der Waals surface area contributed by atoms with E-state index in [4.69, 9.17) is 11.6 Å². The van der Waals surface area contributed by atoms with E-state index < -0.39 is 0 Å². The van der Waals surface area contributed by atoms with Crippen molar-refractivity contribution in [3.05, 3.63) is 65.2 Å². The second-order valence-electron chi connectivity index (χ2n) is 4.93. The monoisotopic (exact) mass is 343 g/mol. The first-order valence-electron chi connectivity index (χ1n) is 7.04. The van der Waals surface area contributed by atoms with Gasteiger partial charge >= 0.3 is 0 Å². The molecule has 1 aliphatic heterocycles. The SMILES string of the molecule is C/C(=N/N=C1/SCC(=O)N1c1ccccc1)c1ccc(Cl)cc1. The van der Waals surface area contributed by atoms with Gasteiger partial charge in [0, 0.05) is 5.02 Å². The van der Waals surface area contributed by atoms with E-state index in [9.17, 15) is 4.79 Å². The Morgan fingerprint density at radius 3 is 2.52 bits per heavy atom. The molecule has 0 aromatic heterocycles. The van der Waals surface area contributed by atoms with Crippen LogP contribution in [0, 0.1) is 0 Å². The highest BCUT2D eigenvalue weighted by molar-refractivity contribution is 8.15. The minimum atomic E-state index is 0.0132. The van der Waals surface area contributed by atoms with Gasteiger partial charge in [-0.3, -0.25) is 9.69 Å². The van der Waals surface area contributed by atoms with Crippen LogP contribution in [0.15, 0.2) is 64.8 Å². The average Bonchev–Trinajstić information content (AvgIpc) is 2.95. The van der Waals surface area contributed by atoms with Gasteiger partial charge in [-0.1, -0.05) is 53.7 Å². The number of benzene rings is 2. The van der Waals surface area contributed by atoms with E-state index in [1.807, 2.05) is 61.5 Å². The molecule has 1 heterocycles. The Hall–Kier alpha value is -2.11. The van der Waals surface area contributed by atoms with Crippen LogP contribution < -0.4 is 4.90 Å². The van der Waals surface area contributed by atoms with Gasteiger partial charge in [-0.25, -0.2) is 0 Å². The molecule has 1 saturated heterocycles. The van der Waals surface area contributed by atoms with Crippen LogP contribution in [0.4, 0.5) is 5.69 Å². The number of amides is 1. The molecule has 1 fully saturated rings. The fourth-order valence-electron chi connectivity index (χ4n) is 2.13. The average molecular weight is 344 g/mol. The molecular weight excluding hydrogens is 330 g/mol. The maximum absolute atomic E-state index is 12.1. The summed E-state index contributed by atoms with van der Waals surface area (Å²) in [5.74, 6) is 0.391. The number of para-hydroxylation sites is 1. The number of halogens is 1. The van der Waals surface area contributed by atoms with Gasteiger partial charge in [0.2, 0.25) is 5.91 Å². The first-order valence-corrected chi connectivity index (χ1v) is 8.40. The molecule has 0 unspecified atom stereocenters. The van der Waals surface area contributed by atoms with Crippen molar-refractivity contribution >= 4 is 45.8 Å². The summed E-state index contributed by atoms with van der Waals surface area (Å²) in [6.07, 6.45) is 0. The molecule has 0 aliphatic carbocycles. The zero-order valence-electron chi connectivity index (χ0n) is 12.4. The largest absolute Gasteiger partial charge is 0.273 e. The summed E-state index contributed by atoms with van der Waals surface area (Å²) >= 11 is 7.28. The Labute approximate surface area is 143 Å². The van der Waals surface area contributed by atoms with Crippen molar-refractivity contribution in [3.63, 3.8) is 0 Å². The summed E-state index contributed by atoms with van der Waals surface area (Å²) in [5, 5.41) is 9.81. The Balaban J connectivity index is 1.87. The second-order valence-corrected chi connectivity index (χ2v) is 6.31. The number of carbonyl (C=O) groups excluding carboxylic acids is 1. The molecule has 0 spiro atoms. The molecule has 0 N–H and O–H groups in total. The molecule has 0 radical (unpaired) electrons. The molecule has 23 heavy (non-hydrogen) atoms. The van der Waals surface area contributed by atoms with Crippen molar-refractivity contribution in [3.8, 4) is 0 Å². The highest BCUT2D eigenvalue weighted by atomic mass is 35.5. The van der Waals surface area contributed by atoms with Crippen LogP contribution in [0.2, 0.25) is 5.02 Å². The maximum atomic E-state index is 12.1. The second kappa shape index (κ2) is 6.98. The maximum Gasteiger partial charge on any atom is 0.243 e. The van der Waals surface area contributed by atoms with Gasteiger partial charge in [0.15, 0.2) is 5.17 Å². The van der Waals surface area contributed by atoms with Gasteiger partial charge in [-0.15, -0.1) is 5.10 Å². The van der Waals surface area contributed by atoms with Gasteiger partial charge in [-0.2, -0.15) is 5.10 Å². The topological polar surface area (TPSA) is 45.0 Å². The van der Waals surface area contributed by atoms with E-state index >= 15 is 0 Å². The molecule has 3 rings (SSSR count). The number of carbonyl (C=O) groups is 1. The third-order valence-corrected chi connectivity index (χ3v) is 4.49. The lowest BCUT2D eigenvalue weighted by Gasteiger charge is -2.14. The van der Waals surface area contributed by atoms with E-state index in [1.165, 1.54) is 11.8 Å². The molecule has 1 amide bonds. The summed E-state index contributed by atoms with van der Waals surface area (Å²) < 4.78 is 0. The summed E-state index contributed by atoms with van der Waals surface area (Å²) in [4.78, 5) is 13.7. The lowest BCUT2D eigenvalue weighted by Crippen LogP contribution is -2.28. The van der Waals surface area contributed by atoms with Gasteiger partial charge in [0.1, 0.15) is 0 Å². The highest BCUT2D eigenvalue weighted by Gasteiger charge is 2.29. The van der Waals surface area contributed by atoms with Gasteiger partial charge < -0.3 is 0 Å². The van der Waals surface area contributed by atoms with Crippen LogP contribution in [0.3, 0.4) is 0 Å². The molecule has 2 aromatic rings. The fraction of sp³-hybridized carbons (Fsp3) is 0.118. The molecule has 6 heteroatoms. The lowest BCUT2D eigenvalue weighted by molar-refractivity contribution is -0.115. The Kier molecular flexibility index (Phi) is 4.79. The number of rotatable bonds is 3. The lowest BCUT2D eigenvalue weighted by atomic mass is 10.1. The molecule has 0 bridgehead atoms. The summed E-state index contributed by atoms with van der Waals surface area (Å²) in [5.41, 5.74) is 2.52. The van der Waals surface area contributed by atoms with Crippen LogP contribution in [-0.4, -0.2) is 22.5 Å². The van der Waals surface area contributed by atoms with Gasteiger partial charge in [0.05, 0.1) is 17.2 Å². The van der Waals surface area contributed by atoms with Crippen molar-refractivity contribution in [2.24, 2.45) is 10.2 Å². The number of thioether (sulfide) groups is 1. The summed E-state index contributed by atoms with van der Waals surface area (Å²) in [7, 11) is 0. The Bertz CT molecular complexity index is 772. The molecular formula is C17H14ClN3OS. The first-order chi connectivity index (χ1) is 11.1. The van der Waals surface area contributed by atoms with E-state index in [0.717, 1.165) is 17.0 Å². The van der Waals surface area contributed by atoms with Crippen molar-refractivity contribution in [2.45, 2.75) is 6.92 Å². The summed E-state index contributed by atoms with van der Waals surface area (Å²) in [6.45, 7) is 1.88. The third-order valence-electron chi connectivity index (χ3n) is 3.33. The first kappa shape index (κ1) is 15.8. The van der Waals surface area contributed by atoms with Crippen molar-refractivity contribution in [2.75, 3.05) is 10.7 Å². The standard InChI is InChI=1S/C17H14ClN3OS/c1-12(13-7-9-14(18)10-8-13)19-20-17-21(16(22)11-23-17)15-5-3-2-4-6-15/h2-10H,11H2,1H3/b19-12-,20-17+. The predicted octanol–water partition coefficient (Wildman–Crippen LogP) is 4.20. The highest BCUT2D eigenvalue weighted by Crippen LogP contribution is 2.26. The molecule has 0 saturated carbocycles. The Morgan fingerprint density at radius 1 is 1.13 bits per heavy atom. The van der Waals surface area contributed by atoms with Crippen LogP contribution in [0.5, 0.6) is 0 Å². The number of anilines is 1. The summed E-state index contributed by atoms with van der Waals surface area (Å²) in [6, 6.07) is 16.9. The minimum absolute atomic E-state index is 0.0132. The molecule has 116 valence electrons. The third kappa shape index (κ3) is 3.63. The van der Waals surface area contributed by atoms with Crippen LogP contribution >= 0.6 is 23.4 Å². The van der Waals surface area contributed by atoms with E-state index in [1.54, 1.807) is 4.90 Å². The molecule has 4 nitrogen and oxygen atoms in total. The fourth-order valence-corrected chi connectivity index (χ4v) is 3.08. The molecule has 2 aromatic carbocycles. The predicted molar refractivity (Wildman–Crippen MR) is 97.5 cm³/mol. The number of hydrogen-bond acceptors (Lipinski definition) is 4. The number of amidine groups is 1. The van der Waals surface area contributed by atoms with Gasteiger partial charge in [-0.05, 0) is 36.8 Å². The van der Waals surface area contributed by atoms with Crippen molar-refractivity contribution in [1.29, 1.82) is 0 Å². The number of nitrogens with zero attached hydrogens (tertiary/aromatic N) is 3. The number of hydrogen-bond donors (Lipinski definition) is 0. The van der Waals surface area contributed by atoms with Crippen molar-refractivity contribution < 1.29 is 4.79 Å². The smallest absolute Gasteiger partial charge is 0.243 e. The zero-order chi connectivity index (χ0) is 16.2. The van der Waals surface area contributed by atoms with E-state index in [2.05, 4.69) is 10.2 Å². The van der Waals surface area contributed by atoms with Crippen LogP contribution in [-0.2, 0) is 4.79 Å². The zero-order valence-corrected chi connectivity index (χ0v) is 14.0. The quantitative estimate of drug-likeness (QED) is 0.619. The van der Waals surface area contributed by atoms with E-state index in [0.29, 0.717) is 15.9 Å². The minimum Gasteiger partial charge on any atom is -0.273 e. The molecule has 0 atom stereocenters. The normalized spacial score (nSPS) is 17.1. The van der Waals surface area contributed by atoms with Crippen LogP contribution in [0.25, 0.3) is 0 Å². The molecule has 1 aliphatic rings. The Morgan fingerprint density at radius 2 is 1.83 bits per heavy atom.